The van der Waals surface area contributed by atoms with E-state index in [0.29, 0.717) is 6.54 Å². The molecule has 2 aromatic rings. The number of hydrogen-bond donors (Lipinski definition) is 2. The van der Waals surface area contributed by atoms with Crippen LogP contribution in [0.1, 0.15) is 0 Å². The second-order valence-electron chi connectivity index (χ2n) is 4.66. The number of hydrogen-bond acceptors (Lipinski definition) is 3. The van der Waals surface area contributed by atoms with Crippen molar-refractivity contribution in [1.82, 2.24) is 4.90 Å². The van der Waals surface area contributed by atoms with Gasteiger partial charge >= 0.3 is 6.03 Å². The van der Waals surface area contributed by atoms with Crippen LogP contribution in [0.5, 0.6) is 0 Å². The molecule has 0 saturated heterocycles. The van der Waals surface area contributed by atoms with E-state index in [9.17, 15) is 4.79 Å². The fourth-order valence-corrected chi connectivity index (χ4v) is 2.66. The molecule has 116 valence electrons. The molecule has 2 N–H and O–H groups in total. The molecule has 2 aromatic carbocycles. The lowest BCUT2D eigenvalue weighted by Crippen LogP contribution is -2.33. The molecule has 6 heteroatoms. The van der Waals surface area contributed by atoms with E-state index in [2.05, 4.69) is 5.32 Å². The van der Waals surface area contributed by atoms with Crippen LogP contribution in [-0.4, -0.2) is 36.2 Å². The Labute approximate surface area is 139 Å². The van der Waals surface area contributed by atoms with E-state index in [4.69, 9.17) is 16.7 Å². The minimum atomic E-state index is -0.243. The number of carbonyl (C=O) groups is 1. The summed E-state index contributed by atoms with van der Waals surface area (Å²) >= 11 is 7.49. The number of carbonyl (C=O) groups excluding carboxylic acids is 1. The third-order valence-corrected chi connectivity index (χ3v) is 4.20. The Morgan fingerprint density at radius 1 is 1.14 bits per heavy atom. The molecule has 0 aliphatic heterocycles. The van der Waals surface area contributed by atoms with Gasteiger partial charge in [0.2, 0.25) is 0 Å². The normalized spacial score (nSPS) is 10.3. The summed E-state index contributed by atoms with van der Waals surface area (Å²) in [6, 6.07) is 15.0. The highest BCUT2D eigenvalue weighted by Crippen LogP contribution is 2.29. The lowest BCUT2D eigenvalue weighted by Gasteiger charge is -2.16. The van der Waals surface area contributed by atoms with E-state index in [1.807, 2.05) is 48.5 Å². The van der Waals surface area contributed by atoms with Crippen LogP contribution in [0.4, 0.5) is 10.5 Å². The van der Waals surface area contributed by atoms with Gasteiger partial charge in [-0.25, -0.2) is 4.79 Å². The third-order valence-electron chi connectivity index (χ3n) is 2.94. The minimum absolute atomic E-state index is 0.0550. The Balaban J connectivity index is 1.95. The van der Waals surface area contributed by atoms with Crippen LogP contribution in [0.25, 0.3) is 0 Å². The van der Waals surface area contributed by atoms with Crippen molar-refractivity contribution in [3.05, 3.63) is 53.6 Å². The largest absolute Gasteiger partial charge is 0.395 e. The Bertz CT molecular complexity index is 617. The predicted molar refractivity (Wildman–Crippen MR) is 90.8 cm³/mol. The van der Waals surface area contributed by atoms with Crippen LogP contribution in [0.2, 0.25) is 5.02 Å². The molecular weight excluding hydrogens is 320 g/mol. The Morgan fingerprint density at radius 2 is 1.68 bits per heavy atom. The monoisotopic (exact) mass is 336 g/mol. The summed E-state index contributed by atoms with van der Waals surface area (Å²) in [7, 11) is 1.64. The molecule has 0 saturated carbocycles. The zero-order valence-electron chi connectivity index (χ0n) is 12.1. The maximum Gasteiger partial charge on any atom is 0.321 e. The van der Waals surface area contributed by atoms with E-state index >= 15 is 0 Å². The summed E-state index contributed by atoms with van der Waals surface area (Å²) in [5.74, 6) is 0. The summed E-state index contributed by atoms with van der Waals surface area (Å²) in [6.07, 6.45) is 0. The maximum absolute atomic E-state index is 11.8. The molecule has 0 fully saturated rings. The fraction of sp³-hybridized carbons (Fsp3) is 0.188. The van der Waals surface area contributed by atoms with Crippen LogP contribution in [0.15, 0.2) is 58.3 Å². The highest BCUT2D eigenvalue weighted by Gasteiger charge is 2.07. The van der Waals surface area contributed by atoms with Crippen LogP contribution in [-0.2, 0) is 0 Å². The van der Waals surface area contributed by atoms with Gasteiger partial charge in [-0.3, -0.25) is 0 Å². The van der Waals surface area contributed by atoms with Gasteiger partial charge in [0.15, 0.2) is 0 Å². The first-order valence-corrected chi connectivity index (χ1v) is 7.94. The highest BCUT2D eigenvalue weighted by molar-refractivity contribution is 7.99. The van der Waals surface area contributed by atoms with Gasteiger partial charge in [-0.15, -0.1) is 0 Å². The maximum atomic E-state index is 11.8. The molecular formula is C16H17ClN2O2S. The number of aliphatic hydroxyl groups excluding tert-OH is 1. The van der Waals surface area contributed by atoms with Gasteiger partial charge in [0.1, 0.15) is 0 Å². The zero-order chi connectivity index (χ0) is 15.9. The summed E-state index contributed by atoms with van der Waals surface area (Å²) in [5.41, 5.74) is 0.718. The van der Waals surface area contributed by atoms with Crippen molar-refractivity contribution in [2.45, 2.75) is 9.79 Å². The number of likely N-dealkylation sites (N-methyl/N-ethyl adjacent to an activating group) is 1. The van der Waals surface area contributed by atoms with Gasteiger partial charge < -0.3 is 15.3 Å². The number of amides is 2. The molecule has 0 aliphatic rings. The van der Waals surface area contributed by atoms with Gasteiger partial charge in [-0.05, 0) is 48.5 Å². The lowest BCUT2D eigenvalue weighted by molar-refractivity contribution is 0.202. The van der Waals surface area contributed by atoms with Crippen LogP contribution in [0, 0.1) is 0 Å². The standard InChI is InChI=1S/C16H17ClN2O2S/c1-19(10-11-20)16(21)18-13-4-8-15(9-5-13)22-14-6-2-12(17)3-7-14/h2-9,20H,10-11H2,1H3,(H,18,21). The molecule has 0 spiro atoms. The molecule has 22 heavy (non-hydrogen) atoms. The molecule has 0 atom stereocenters. The zero-order valence-corrected chi connectivity index (χ0v) is 13.7. The Hall–Kier alpha value is -1.69. The molecule has 4 nitrogen and oxygen atoms in total. The Morgan fingerprint density at radius 3 is 2.23 bits per heavy atom. The summed E-state index contributed by atoms with van der Waals surface area (Å²) in [4.78, 5) is 15.4. The smallest absolute Gasteiger partial charge is 0.321 e. The van der Waals surface area contributed by atoms with Crippen molar-refractivity contribution in [3.63, 3.8) is 0 Å². The van der Waals surface area contributed by atoms with Gasteiger partial charge in [0.25, 0.3) is 0 Å². The molecule has 0 unspecified atom stereocenters. The highest BCUT2D eigenvalue weighted by atomic mass is 35.5. The van der Waals surface area contributed by atoms with Crippen molar-refractivity contribution in [2.24, 2.45) is 0 Å². The molecule has 0 bridgehead atoms. The number of aliphatic hydroxyl groups is 1. The number of nitrogens with zero attached hydrogens (tertiary/aromatic N) is 1. The number of nitrogens with one attached hydrogen (secondary N) is 1. The first-order chi connectivity index (χ1) is 10.6. The summed E-state index contributed by atoms with van der Waals surface area (Å²) < 4.78 is 0. The van der Waals surface area contributed by atoms with E-state index in [1.54, 1.807) is 18.8 Å². The van der Waals surface area contributed by atoms with E-state index in [0.717, 1.165) is 20.5 Å². The second kappa shape index (κ2) is 8.08. The van der Waals surface area contributed by atoms with Crippen LogP contribution < -0.4 is 5.32 Å². The first-order valence-electron chi connectivity index (χ1n) is 6.75. The van der Waals surface area contributed by atoms with Crippen molar-refractivity contribution < 1.29 is 9.90 Å². The minimum Gasteiger partial charge on any atom is -0.395 e. The molecule has 0 heterocycles. The summed E-state index contributed by atoms with van der Waals surface area (Å²) in [5, 5.41) is 12.3. The topological polar surface area (TPSA) is 52.6 Å². The fourth-order valence-electron chi connectivity index (χ4n) is 1.72. The van der Waals surface area contributed by atoms with E-state index < -0.39 is 0 Å². The molecule has 2 amide bonds. The molecule has 0 aliphatic carbocycles. The molecule has 0 radical (unpaired) electrons. The number of rotatable bonds is 5. The summed E-state index contributed by atoms with van der Waals surface area (Å²) in [6.45, 7) is 0.247. The predicted octanol–water partition coefficient (Wildman–Crippen LogP) is 3.95. The average Bonchev–Trinajstić information content (AvgIpc) is 2.51. The second-order valence-corrected chi connectivity index (χ2v) is 6.24. The van der Waals surface area contributed by atoms with Gasteiger partial charge in [-0.1, -0.05) is 23.4 Å². The van der Waals surface area contributed by atoms with Gasteiger partial charge in [-0.2, -0.15) is 0 Å². The molecule has 2 rings (SSSR count). The van der Waals surface area contributed by atoms with Crippen LogP contribution in [0.3, 0.4) is 0 Å². The SMILES string of the molecule is CN(CCO)C(=O)Nc1ccc(Sc2ccc(Cl)cc2)cc1. The number of benzene rings is 2. The number of halogens is 1. The number of urea groups is 1. The van der Waals surface area contributed by atoms with Crippen molar-refractivity contribution in [2.75, 3.05) is 25.5 Å². The Kier molecular flexibility index (Phi) is 6.12. The van der Waals surface area contributed by atoms with Crippen molar-refractivity contribution >= 4 is 35.1 Å². The van der Waals surface area contributed by atoms with Gasteiger partial charge in [0.05, 0.1) is 6.61 Å². The van der Waals surface area contributed by atoms with Crippen molar-refractivity contribution in [1.29, 1.82) is 0 Å². The first kappa shape index (κ1) is 16.7. The third kappa shape index (κ3) is 4.94. The van der Waals surface area contributed by atoms with Crippen molar-refractivity contribution in [3.8, 4) is 0 Å². The number of anilines is 1. The molecule has 0 aromatic heterocycles. The lowest BCUT2D eigenvalue weighted by atomic mass is 10.3. The quantitative estimate of drug-likeness (QED) is 0.869. The van der Waals surface area contributed by atoms with E-state index in [1.165, 1.54) is 4.90 Å². The van der Waals surface area contributed by atoms with Crippen LogP contribution >= 0.6 is 23.4 Å². The van der Waals surface area contributed by atoms with Gasteiger partial charge in [0, 0.05) is 34.1 Å². The average molecular weight is 337 g/mol. The van der Waals surface area contributed by atoms with E-state index in [-0.39, 0.29) is 12.6 Å².